The summed E-state index contributed by atoms with van der Waals surface area (Å²) in [5.41, 5.74) is 4.09. The Morgan fingerprint density at radius 3 is 2.67 bits per heavy atom. The van der Waals surface area contributed by atoms with Crippen LogP contribution in [0.5, 0.6) is 5.75 Å². The van der Waals surface area contributed by atoms with Crippen LogP contribution in [0.25, 0.3) is 10.9 Å². The van der Waals surface area contributed by atoms with E-state index in [1.807, 2.05) is 36.5 Å². The van der Waals surface area contributed by atoms with Gasteiger partial charge in [0.2, 0.25) is 5.91 Å². The minimum atomic E-state index is -0.0260. The summed E-state index contributed by atoms with van der Waals surface area (Å²) in [7, 11) is 1.64. The number of anilines is 1. The summed E-state index contributed by atoms with van der Waals surface area (Å²) in [4.78, 5) is 15.5. The number of aryl methyl sites for hydroxylation is 1. The van der Waals surface area contributed by atoms with E-state index in [-0.39, 0.29) is 5.91 Å². The average molecular weight is 322 g/mol. The zero-order valence-electron chi connectivity index (χ0n) is 14.1. The van der Waals surface area contributed by atoms with E-state index in [1.54, 1.807) is 7.11 Å². The molecule has 1 heterocycles. The zero-order chi connectivity index (χ0) is 16.9. The zero-order valence-corrected chi connectivity index (χ0v) is 14.1. The second-order valence-corrected chi connectivity index (χ2v) is 5.90. The Labute approximate surface area is 141 Å². The summed E-state index contributed by atoms with van der Waals surface area (Å²) >= 11 is 0. The van der Waals surface area contributed by atoms with Crippen molar-refractivity contribution in [3.8, 4) is 5.75 Å². The molecule has 0 spiro atoms. The van der Waals surface area contributed by atoms with Crippen LogP contribution in [0.2, 0.25) is 0 Å². The fourth-order valence-electron chi connectivity index (χ4n) is 2.85. The number of aromatic nitrogens is 1. The van der Waals surface area contributed by atoms with Crippen LogP contribution in [-0.4, -0.2) is 18.0 Å². The van der Waals surface area contributed by atoms with Crippen molar-refractivity contribution in [2.75, 3.05) is 12.4 Å². The van der Waals surface area contributed by atoms with Gasteiger partial charge in [-0.2, -0.15) is 0 Å². The molecule has 4 nitrogen and oxygen atoms in total. The molecule has 0 fully saturated rings. The molecule has 2 aromatic carbocycles. The lowest BCUT2D eigenvalue weighted by molar-refractivity contribution is -0.115. The number of amides is 1. The first-order valence-electron chi connectivity index (χ1n) is 8.22. The van der Waals surface area contributed by atoms with Gasteiger partial charge in [-0.1, -0.05) is 25.5 Å². The number of fused-ring (bicyclic) bond motifs is 1. The lowest BCUT2D eigenvalue weighted by Gasteiger charge is -2.06. The van der Waals surface area contributed by atoms with E-state index in [2.05, 4.69) is 29.4 Å². The molecule has 24 heavy (non-hydrogen) atoms. The van der Waals surface area contributed by atoms with Crippen molar-refractivity contribution < 1.29 is 9.53 Å². The van der Waals surface area contributed by atoms with E-state index < -0.39 is 0 Å². The van der Waals surface area contributed by atoms with Gasteiger partial charge in [-0.25, -0.2) is 0 Å². The van der Waals surface area contributed by atoms with Crippen molar-refractivity contribution in [2.45, 2.75) is 26.2 Å². The molecule has 0 aliphatic heterocycles. The quantitative estimate of drug-likeness (QED) is 0.710. The molecule has 2 N–H and O–H groups in total. The highest BCUT2D eigenvalue weighted by Crippen LogP contribution is 2.24. The van der Waals surface area contributed by atoms with Gasteiger partial charge in [0.05, 0.1) is 13.5 Å². The first-order chi connectivity index (χ1) is 11.7. The Morgan fingerprint density at radius 1 is 1.17 bits per heavy atom. The molecule has 1 amide bonds. The SMILES string of the molecule is CCCc1ccc(NC(=O)Cc2c[nH]c3ccc(OC)cc23)cc1. The second-order valence-electron chi connectivity index (χ2n) is 5.90. The number of benzene rings is 2. The first kappa shape index (κ1) is 16.1. The van der Waals surface area contributed by atoms with E-state index in [1.165, 1.54) is 5.56 Å². The van der Waals surface area contributed by atoms with E-state index >= 15 is 0 Å². The summed E-state index contributed by atoms with van der Waals surface area (Å²) < 4.78 is 5.26. The highest BCUT2D eigenvalue weighted by Gasteiger charge is 2.10. The largest absolute Gasteiger partial charge is 0.497 e. The lowest BCUT2D eigenvalue weighted by Crippen LogP contribution is -2.14. The van der Waals surface area contributed by atoms with Crippen molar-refractivity contribution in [3.05, 3.63) is 59.8 Å². The van der Waals surface area contributed by atoms with E-state index in [0.717, 1.165) is 40.7 Å². The first-order valence-corrected chi connectivity index (χ1v) is 8.22. The van der Waals surface area contributed by atoms with Crippen molar-refractivity contribution in [1.29, 1.82) is 0 Å². The minimum Gasteiger partial charge on any atom is -0.497 e. The van der Waals surface area contributed by atoms with Gasteiger partial charge in [-0.15, -0.1) is 0 Å². The van der Waals surface area contributed by atoms with E-state index in [4.69, 9.17) is 4.74 Å². The standard InChI is InChI=1S/C20H22N2O2/c1-3-4-14-5-7-16(8-6-14)22-20(23)11-15-13-21-19-10-9-17(24-2)12-18(15)19/h5-10,12-13,21H,3-4,11H2,1-2H3,(H,22,23). The molecule has 0 radical (unpaired) electrons. The lowest BCUT2D eigenvalue weighted by atomic mass is 10.1. The normalized spacial score (nSPS) is 10.8. The van der Waals surface area contributed by atoms with Crippen LogP contribution in [0.1, 0.15) is 24.5 Å². The predicted octanol–water partition coefficient (Wildman–Crippen LogP) is 4.31. The highest BCUT2D eigenvalue weighted by molar-refractivity contribution is 5.96. The molecule has 0 aliphatic carbocycles. The number of nitrogens with one attached hydrogen (secondary N) is 2. The topological polar surface area (TPSA) is 54.1 Å². The van der Waals surface area contributed by atoms with Crippen LogP contribution >= 0.6 is 0 Å². The fraction of sp³-hybridized carbons (Fsp3) is 0.250. The van der Waals surface area contributed by atoms with Gasteiger partial charge in [0.1, 0.15) is 5.75 Å². The third-order valence-corrected chi connectivity index (χ3v) is 4.10. The number of carbonyl (C=O) groups excluding carboxylic acids is 1. The molecule has 0 atom stereocenters. The molecule has 0 saturated heterocycles. The van der Waals surface area contributed by atoms with Crippen molar-refractivity contribution >= 4 is 22.5 Å². The molecule has 1 aromatic heterocycles. The molecule has 3 rings (SSSR count). The molecule has 0 unspecified atom stereocenters. The van der Waals surface area contributed by atoms with Gasteiger partial charge in [-0.05, 0) is 47.9 Å². The summed E-state index contributed by atoms with van der Waals surface area (Å²) in [6, 6.07) is 13.9. The van der Waals surface area contributed by atoms with Crippen LogP contribution < -0.4 is 10.1 Å². The van der Waals surface area contributed by atoms with Crippen LogP contribution in [0, 0.1) is 0 Å². The summed E-state index contributed by atoms with van der Waals surface area (Å²) in [6.07, 6.45) is 4.39. The van der Waals surface area contributed by atoms with Crippen molar-refractivity contribution in [3.63, 3.8) is 0 Å². The smallest absolute Gasteiger partial charge is 0.228 e. The third-order valence-electron chi connectivity index (χ3n) is 4.10. The number of hydrogen-bond acceptors (Lipinski definition) is 2. The Morgan fingerprint density at radius 2 is 1.96 bits per heavy atom. The van der Waals surface area contributed by atoms with Crippen LogP contribution in [0.3, 0.4) is 0 Å². The maximum absolute atomic E-state index is 12.3. The molecule has 0 saturated carbocycles. The predicted molar refractivity (Wildman–Crippen MR) is 97.6 cm³/mol. The molecule has 0 aliphatic rings. The monoisotopic (exact) mass is 322 g/mol. The number of rotatable bonds is 6. The van der Waals surface area contributed by atoms with Gasteiger partial charge < -0.3 is 15.0 Å². The Hall–Kier alpha value is -2.75. The number of hydrogen-bond donors (Lipinski definition) is 2. The molecular weight excluding hydrogens is 300 g/mol. The molecule has 0 bridgehead atoms. The Balaban J connectivity index is 1.70. The van der Waals surface area contributed by atoms with E-state index in [0.29, 0.717) is 6.42 Å². The van der Waals surface area contributed by atoms with Gasteiger partial charge in [-0.3, -0.25) is 4.79 Å². The molecule has 3 aromatic rings. The molecular formula is C20H22N2O2. The molecule has 4 heteroatoms. The fourth-order valence-corrected chi connectivity index (χ4v) is 2.85. The average Bonchev–Trinajstić information content (AvgIpc) is 2.99. The number of ether oxygens (including phenoxy) is 1. The number of carbonyl (C=O) groups is 1. The number of H-pyrrole nitrogens is 1. The minimum absolute atomic E-state index is 0.0260. The van der Waals surface area contributed by atoms with Crippen molar-refractivity contribution in [2.24, 2.45) is 0 Å². The van der Waals surface area contributed by atoms with Crippen LogP contribution in [-0.2, 0) is 17.6 Å². The number of methoxy groups -OCH3 is 1. The third kappa shape index (κ3) is 3.59. The number of aromatic amines is 1. The van der Waals surface area contributed by atoms with Gasteiger partial charge in [0.15, 0.2) is 0 Å². The van der Waals surface area contributed by atoms with Gasteiger partial charge in [0, 0.05) is 22.8 Å². The Bertz CT molecular complexity index is 834. The summed E-state index contributed by atoms with van der Waals surface area (Å²) in [6.45, 7) is 2.16. The van der Waals surface area contributed by atoms with E-state index in [9.17, 15) is 4.79 Å². The van der Waals surface area contributed by atoms with Gasteiger partial charge >= 0.3 is 0 Å². The highest BCUT2D eigenvalue weighted by atomic mass is 16.5. The summed E-state index contributed by atoms with van der Waals surface area (Å²) in [5, 5.41) is 3.98. The molecule has 124 valence electrons. The summed E-state index contributed by atoms with van der Waals surface area (Å²) in [5.74, 6) is 0.761. The maximum Gasteiger partial charge on any atom is 0.228 e. The van der Waals surface area contributed by atoms with Crippen molar-refractivity contribution in [1.82, 2.24) is 4.98 Å². The second kappa shape index (κ2) is 7.21. The van der Waals surface area contributed by atoms with Crippen LogP contribution in [0.15, 0.2) is 48.7 Å². The Kier molecular flexibility index (Phi) is 4.85. The maximum atomic E-state index is 12.3. The van der Waals surface area contributed by atoms with Gasteiger partial charge in [0.25, 0.3) is 0 Å². The van der Waals surface area contributed by atoms with Crippen LogP contribution in [0.4, 0.5) is 5.69 Å².